The Labute approximate surface area is 156 Å². The molecule has 1 saturated heterocycles. The number of aryl methyl sites for hydroxylation is 1. The summed E-state index contributed by atoms with van der Waals surface area (Å²) in [6.07, 6.45) is 0.403. The van der Waals surface area contributed by atoms with Crippen LogP contribution in [0.5, 0.6) is 0 Å². The first-order valence-corrected chi connectivity index (χ1v) is 8.89. The molecule has 0 bridgehead atoms. The lowest BCUT2D eigenvalue weighted by molar-refractivity contribution is -0.128. The Kier molecular flexibility index (Phi) is 4.47. The van der Waals surface area contributed by atoms with Gasteiger partial charge in [0, 0.05) is 36.0 Å². The summed E-state index contributed by atoms with van der Waals surface area (Å²) in [6, 6.07) is 15.5. The number of benzene rings is 2. The zero-order valence-corrected chi connectivity index (χ0v) is 15.1. The van der Waals surface area contributed by atoms with E-state index in [1.54, 1.807) is 12.1 Å². The van der Waals surface area contributed by atoms with Gasteiger partial charge in [-0.15, -0.1) is 0 Å². The number of aromatic nitrogens is 2. The number of amides is 1. The Morgan fingerprint density at radius 2 is 2.04 bits per heavy atom. The van der Waals surface area contributed by atoms with Gasteiger partial charge < -0.3 is 9.42 Å². The van der Waals surface area contributed by atoms with Crippen LogP contribution in [-0.2, 0) is 11.3 Å². The molecule has 4 rings (SSSR count). The van der Waals surface area contributed by atoms with E-state index in [1.165, 1.54) is 5.56 Å². The van der Waals surface area contributed by atoms with Gasteiger partial charge in [0.2, 0.25) is 5.91 Å². The molecule has 1 aliphatic heterocycles. The van der Waals surface area contributed by atoms with Crippen LogP contribution in [0.4, 0.5) is 0 Å². The summed E-state index contributed by atoms with van der Waals surface area (Å²) in [6.45, 7) is 3.25. The molecule has 1 unspecified atom stereocenters. The summed E-state index contributed by atoms with van der Waals surface area (Å²) in [4.78, 5) is 18.7. The number of likely N-dealkylation sites (tertiary alicyclic amines) is 1. The highest BCUT2D eigenvalue weighted by Gasteiger charge is 2.33. The van der Waals surface area contributed by atoms with Crippen molar-refractivity contribution in [1.29, 1.82) is 0 Å². The lowest BCUT2D eigenvalue weighted by atomic mass is 10.1. The van der Waals surface area contributed by atoms with Crippen molar-refractivity contribution in [3.8, 4) is 11.5 Å². The van der Waals surface area contributed by atoms with E-state index in [9.17, 15) is 4.79 Å². The average molecular weight is 368 g/mol. The molecule has 0 saturated carbocycles. The van der Waals surface area contributed by atoms with Gasteiger partial charge in [0.1, 0.15) is 0 Å². The largest absolute Gasteiger partial charge is 0.338 e. The van der Waals surface area contributed by atoms with Crippen LogP contribution in [0.1, 0.15) is 29.3 Å². The summed E-state index contributed by atoms with van der Waals surface area (Å²) >= 11 is 6.01. The highest BCUT2D eigenvalue weighted by molar-refractivity contribution is 6.30. The third kappa shape index (κ3) is 3.48. The maximum atomic E-state index is 12.4. The molecule has 6 heteroatoms. The smallest absolute Gasteiger partial charge is 0.257 e. The third-order valence-corrected chi connectivity index (χ3v) is 4.82. The van der Waals surface area contributed by atoms with E-state index in [1.807, 2.05) is 17.0 Å². The molecule has 1 aromatic heterocycles. The van der Waals surface area contributed by atoms with Gasteiger partial charge in [-0.2, -0.15) is 4.98 Å². The first-order chi connectivity index (χ1) is 12.6. The maximum Gasteiger partial charge on any atom is 0.257 e. The van der Waals surface area contributed by atoms with Crippen molar-refractivity contribution in [3.63, 3.8) is 0 Å². The molecular formula is C20H18ClN3O2. The summed E-state index contributed by atoms with van der Waals surface area (Å²) in [7, 11) is 0. The summed E-state index contributed by atoms with van der Waals surface area (Å²) in [5.41, 5.74) is 3.11. The van der Waals surface area contributed by atoms with Crippen LogP contribution in [0.25, 0.3) is 11.5 Å². The van der Waals surface area contributed by atoms with Gasteiger partial charge >= 0.3 is 0 Å². The topological polar surface area (TPSA) is 59.2 Å². The van der Waals surface area contributed by atoms with Crippen LogP contribution in [0.15, 0.2) is 53.1 Å². The number of halogens is 1. The fourth-order valence-electron chi connectivity index (χ4n) is 3.15. The van der Waals surface area contributed by atoms with Gasteiger partial charge in [0.05, 0.1) is 0 Å². The number of nitrogens with zero attached hydrogens (tertiary/aromatic N) is 3. The lowest BCUT2D eigenvalue weighted by Crippen LogP contribution is -2.24. The number of hydrogen-bond donors (Lipinski definition) is 0. The predicted molar refractivity (Wildman–Crippen MR) is 98.7 cm³/mol. The Morgan fingerprint density at radius 1 is 1.23 bits per heavy atom. The van der Waals surface area contributed by atoms with Crippen LogP contribution in [-0.4, -0.2) is 27.5 Å². The molecule has 1 aliphatic rings. The number of rotatable bonds is 4. The summed E-state index contributed by atoms with van der Waals surface area (Å²) < 4.78 is 5.37. The Hall–Kier alpha value is -2.66. The van der Waals surface area contributed by atoms with Gasteiger partial charge in [-0.3, -0.25) is 4.79 Å². The van der Waals surface area contributed by atoms with Gasteiger partial charge in [-0.1, -0.05) is 52.7 Å². The SMILES string of the molecule is Cc1ccc(CN2CC(c3noc(-c4cccc(Cl)c4)n3)CC2=O)cc1. The molecule has 0 aliphatic carbocycles. The maximum absolute atomic E-state index is 12.4. The Morgan fingerprint density at radius 3 is 2.81 bits per heavy atom. The standard InChI is InChI=1S/C20H18ClN3O2/c1-13-5-7-14(8-6-13)11-24-12-16(10-18(24)25)19-22-20(26-23-19)15-3-2-4-17(21)9-15/h2-9,16H,10-12H2,1H3. The van der Waals surface area contributed by atoms with Crippen molar-refractivity contribution < 1.29 is 9.32 Å². The monoisotopic (exact) mass is 367 g/mol. The third-order valence-electron chi connectivity index (χ3n) is 4.59. The average Bonchev–Trinajstić information content (AvgIpc) is 3.24. The van der Waals surface area contributed by atoms with Crippen molar-refractivity contribution in [2.45, 2.75) is 25.8 Å². The van der Waals surface area contributed by atoms with E-state index in [4.69, 9.17) is 16.1 Å². The second-order valence-electron chi connectivity index (χ2n) is 6.63. The molecule has 2 heterocycles. The van der Waals surface area contributed by atoms with E-state index >= 15 is 0 Å². The fourth-order valence-corrected chi connectivity index (χ4v) is 3.34. The van der Waals surface area contributed by atoms with E-state index < -0.39 is 0 Å². The molecule has 0 radical (unpaired) electrons. The molecule has 132 valence electrons. The van der Waals surface area contributed by atoms with Crippen molar-refractivity contribution in [3.05, 3.63) is 70.5 Å². The molecule has 1 fully saturated rings. The lowest BCUT2D eigenvalue weighted by Gasteiger charge is -2.16. The Balaban J connectivity index is 1.48. The molecule has 3 aromatic rings. The van der Waals surface area contributed by atoms with Crippen LogP contribution < -0.4 is 0 Å². The van der Waals surface area contributed by atoms with Gasteiger partial charge in [-0.05, 0) is 30.7 Å². The van der Waals surface area contributed by atoms with Gasteiger partial charge in [-0.25, -0.2) is 0 Å². The number of carbonyl (C=O) groups excluding carboxylic acids is 1. The zero-order valence-electron chi connectivity index (χ0n) is 14.4. The molecule has 0 N–H and O–H groups in total. The van der Waals surface area contributed by atoms with Crippen molar-refractivity contribution >= 4 is 17.5 Å². The fraction of sp³-hybridized carbons (Fsp3) is 0.250. The summed E-state index contributed by atoms with van der Waals surface area (Å²) in [5.74, 6) is 1.06. The number of carbonyl (C=O) groups is 1. The number of hydrogen-bond acceptors (Lipinski definition) is 4. The van der Waals surface area contributed by atoms with Gasteiger partial charge in [0.25, 0.3) is 5.89 Å². The van der Waals surface area contributed by atoms with Crippen LogP contribution in [0.2, 0.25) is 5.02 Å². The molecular weight excluding hydrogens is 350 g/mol. The van der Waals surface area contributed by atoms with Crippen LogP contribution >= 0.6 is 11.6 Å². The first kappa shape index (κ1) is 16.8. The van der Waals surface area contributed by atoms with Crippen LogP contribution in [0.3, 0.4) is 0 Å². The molecule has 1 atom stereocenters. The van der Waals surface area contributed by atoms with E-state index in [2.05, 4.69) is 41.3 Å². The molecule has 2 aromatic carbocycles. The quantitative estimate of drug-likeness (QED) is 0.693. The highest BCUT2D eigenvalue weighted by atomic mass is 35.5. The van der Waals surface area contributed by atoms with Crippen LogP contribution in [0, 0.1) is 6.92 Å². The molecule has 5 nitrogen and oxygen atoms in total. The Bertz CT molecular complexity index is 936. The highest BCUT2D eigenvalue weighted by Crippen LogP contribution is 2.29. The molecule has 0 spiro atoms. The van der Waals surface area contributed by atoms with E-state index in [-0.39, 0.29) is 11.8 Å². The minimum Gasteiger partial charge on any atom is -0.338 e. The van der Waals surface area contributed by atoms with Gasteiger partial charge in [0.15, 0.2) is 5.82 Å². The van der Waals surface area contributed by atoms with E-state index in [0.29, 0.717) is 36.2 Å². The second kappa shape index (κ2) is 6.92. The van der Waals surface area contributed by atoms with Crippen molar-refractivity contribution in [2.24, 2.45) is 0 Å². The predicted octanol–water partition coefficient (Wildman–Crippen LogP) is 4.21. The van der Waals surface area contributed by atoms with E-state index in [0.717, 1.165) is 11.1 Å². The zero-order chi connectivity index (χ0) is 18.1. The molecule has 1 amide bonds. The first-order valence-electron chi connectivity index (χ1n) is 8.51. The molecule has 26 heavy (non-hydrogen) atoms. The normalized spacial score (nSPS) is 17.1. The van der Waals surface area contributed by atoms with Crippen molar-refractivity contribution in [2.75, 3.05) is 6.54 Å². The second-order valence-corrected chi connectivity index (χ2v) is 7.07. The minimum absolute atomic E-state index is 0.0513. The minimum atomic E-state index is -0.0513. The summed E-state index contributed by atoms with van der Waals surface area (Å²) in [5, 5.41) is 4.70. The van der Waals surface area contributed by atoms with Crippen molar-refractivity contribution in [1.82, 2.24) is 15.0 Å².